The number of carbonyl (C=O) groups excluding carboxylic acids is 4. The lowest BCUT2D eigenvalue weighted by atomic mass is 9.92. The van der Waals surface area contributed by atoms with E-state index in [4.69, 9.17) is 9.47 Å². The fraction of sp³-hybridized carbons (Fsp3) is 0.432. The number of nitrogens with one attached hydrogen (secondary N) is 3. The minimum absolute atomic E-state index is 0.0302. The molecule has 4 amide bonds. The molecule has 4 aliphatic heterocycles. The molecule has 4 aromatic rings. The van der Waals surface area contributed by atoms with Gasteiger partial charge in [-0.2, -0.15) is 0 Å². The molecular formula is C44H52N8O9. The number of rotatable bonds is 11. The summed E-state index contributed by atoms with van der Waals surface area (Å²) in [4.78, 5) is 82.0. The first-order valence-electron chi connectivity index (χ1n) is 20.5. The third kappa shape index (κ3) is 9.28. The number of aromatic nitrogens is 2. The highest BCUT2D eigenvalue weighted by Crippen LogP contribution is 2.38. The van der Waals surface area contributed by atoms with Crippen LogP contribution in [0.5, 0.6) is 11.5 Å². The largest absolute Gasteiger partial charge is 0.496 e. The van der Waals surface area contributed by atoms with Gasteiger partial charge in [-0.3, -0.25) is 49.2 Å². The van der Waals surface area contributed by atoms with Gasteiger partial charge in [0.15, 0.2) is 0 Å². The number of fused-ring (bicyclic) bond motifs is 2. The number of carboxylic acid groups (broad SMARTS) is 1. The van der Waals surface area contributed by atoms with E-state index in [1.54, 1.807) is 69.4 Å². The second kappa shape index (κ2) is 18.6. The molecule has 2 aromatic heterocycles. The van der Waals surface area contributed by atoms with Gasteiger partial charge < -0.3 is 29.4 Å². The molecule has 4 aliphatic rings. The number of likely N-dealkylation sites (tertiary alicyclic amines) is 1. The van der Waals surface area contributed by atoms with E-state index in [0.717, 1.165) is 85.6 Å². The molecule has 2 aromatic carbocycles. The summed E-state index contributed by atoms with van der Waals surface area (Å²) in [5, 5.41) is 18.2. The minimum Gasteiger partial charge on any atom is -0.496 e. The van der Waals surface area contributed by atoms with Crippen LogP contribution in [0, 0.1) is 11.8 Å². The van der Waals surface area contributed by atoms with E-state index < -0.39 is 29.7 Å². The Hall–Kier alpha value is -6.17. The van der Waals surface area contributed by atoms with Gasteiger partial charge in [0.05, 0.1) is 42.3 Å². The zero-order chi connectivity index (χ0) is 43.4. The molecule has 0 spiro atoms. The van der Waals surface area contributed by atoms with Crippen molar-refractivity contribution < 1.29 is 38.6 Å². The van der Waals surface area contributed by atoms with Crippen molar-refractivity contribution in [3.05, 3.63) is 81.9 Å². The smallest absolute Gasteiger partial charge is 0.316 e. The molecule has 17 nitrogen and oxygen atoms in total. The van der Waals surface area contributed by atoms with Crippen molar-refractivity contribution in [2.24, 2.45) is 18.9 Å². The maximum absolute atomic E-state index is 13.0. The highest BCUT2D eigenvalue weighted by atomic mass is 16.5. The van der Waals surface area contributed by atoms with Gasteiger partial charge in [0.2, 0.25) is 11.8 Å². The van der Waals surface area contributed by atoms with Crippen molar-refractivity contribution in [2.75, 3.05) is 72.4 Å². The van der Waals surface area contributed by atoms with E-state index in [9.17, 15) is 33.9 Å². The number of piperidine rings is 2. The SMILES string of the molecule is CNc1cc2c(=O)n(C)cc(-c3cc(OC)c(CN4CCC(CCN5CCN(C6CC(C(=O)O)C(=O)NC6=O)CC5)CC4)c(OC)c3)c2cn1.O=C1NC(=O)c2ccccc21. The average molecular weight is 837 g/mol. The highest BCUT2D eigenvalue weighted by molar-refractivity contribution is 6.21. The normalized spacial score (nSPS) is 20.1. The number of carboxylic acids is 1. The van der Waals surface area contributed by atoms with E-state index in [1.807, 2.05) is 23.2 Å². The van der Waals surface area contributed by atoms with E-state index in [1.165, 1.54) is 0 Å². The molecule has 3 fully saturated rings. The number of carbonyl (C=O) groups is 5. The van der Waals surface area contributed by atoms with Crippen molar-refractivity contribution in [1.82, 2.24) is 34.9 Å². The second-order valence-electron chi connectivity index (χ2n) is 15.9. The van der Waals surface area contributed by atoms with E-state index in [-0.39, 0.29) is 23.8 Å². The van der Waals surface area contributed by atoms with Gasteiger partial charge in [0.1, 0.15) is 23.2 Å². The lowest BCUT2D eigenvalue weighted by molar-refractivity contribution is -0.153. The Labute approximate surface area is 353 Å². The standard InChI is InChI=1S/C36H47N7O7.C8H5NO2/c1-37-32-18-24-26(19-38-32)27(20-40(2)35(24)46)23-15-30(49-3)28(31(16-23)50-4)21-42-9-6-22(7-10-42)5-8-41-11-13-43(14-12-41)29-17-25(36(47)48)33(44)39-34(29)45;10-7-5-3-1-2-4-6(5)8(11)9-7/h15-16,18-20,22,25,29H,5-14,17,21H2,1-4H3,(H,37,38)(H,47,48)(H,39,44,45);1-4H,(H,9,10,11). The molecule has 2 atom stereocenters. The van der Waals surface area contributed by atoms with Gasteiger partial charge >= 0.3 is 5.97 Å². The Kier molecular flexibility index (Phi) is 13.1. The quantitative estimate of drug-likeness (QED) is 0.127. The van der Waals surface area contributed by atoms with Crippen LogP contribution in [0.25, 0.3) is 21.9 Å². The topological polar surface area (TPSA) is 205 Å². The summed E-state index contributed by atoms with van der Waals surface area (Å²) in [6.45, 7) is 6.60. The van der Waals surface area contributed by atoms with Crippen molar-refractivity contribution in [1.29, 1.82) is 0 Å². The van der Waals surface area contributed by atoms with Crippen LogP contribution in [-0.4, -0.2) is 132 Å². The molecule has 322 valence electrons. The third-order valence-corrected chi connectivity index (χ3v) is 12.3. The summed E-state index contributed by atoms with van der Waals surface area (Å²) in [5.74, 6) is -1.35. The summed E-state index contributed by atoms with van der Waals surface area (Å²) in [5.41, 5.74) is 3.58. The fourth-order valence-corrected chi connectivity index (χ4v) is 8.72. The maximum atomic E-state index is 13.0. The van der Waals surface area contributed by atoms with Crippen LogP contribution < -0.4 is 31.0 Å². The maximum Gasteiger partial charge on any atom is 0.316 e. The molecule has 0 aliphatic carbocycles. The summed E-state index contributed by atoms with van der Waals surface area (Å²) in [6.07, 6.45) is 6.89. The van der Waals surface area contributed by atoms with Crippen LogP contribution >= 0.6 is 0 Å². The first-order chi connectivity index (χ1) is 29.4. The number of benzene rings is 2. The summed E-state index contributed by atoms with van der Waals surface area (Å²) in [6, 6.07) is 12.0. The van der Waals surface area contributed by atoms with Crippen LogP contribution in [0.3, 0.4) is 0 Å². The molecule has 0 bridgehead atoms. The molecular weight excluding hydrogens is 785 g/mol. The summed E-state index contributed by atoms with van der Waals surface area (Å²) < 4.78 is 13.4. The minimum atomic E-state index is -1.19. The lowest BCUT2D eigenvalue weighted by Gasteiger charge is -2.41. The Morgan fingerprint density at radius 1 is 0.836 bits per heavy atom. The fourth-order valence-electron chi connectivity index (χ4n) is 8.72. The number of piperazine rings is 1. The Morgan fingerprint density at radius 2 is 1.48 bits per heavy atom. The Bertz CT molecular complexity index is 2340. The van der Waals surface area contributed by atoms with Crippen LogP contribution in [0.2, 0.25) is 0 Å². The molecule has 17 heteroatoms. The molecule has 3 saturated heterocycles. The van der Waals surface area contributed by atoms with Crippen molar-refractivity contribution in [3.63, 3.8) is 0 Å². The predicted octanol–water partition coefficient (Wildman–Crippen LogP) is 2.57. The highest BCUT2D eigenvalue weighted by Gasteiger charge is 2.42. The molecule has 4 N–H and O–H groups in total. The van der Waals surface area contributed by atoms with Gasteiger partial charge in [-0.15, -0.1) is 0 Å². The Balaban J connectivity index is 0.000000439. The van der Waals surface area contributed by atoms with Crippen molar-refractivity contribution in [3.8, 4) is 22.6 Å². The van der Waals surface area contributed by atoms with Gasteiger partial charge in [-0.1, -0.05) is 12.1 Å². The molecule has 6 heterocycles. The number of ether oxygens (including phenoxy) is 2. The summed E-state index contributed by atoms with van der Waals surface area (Å²) >= 11 is 0. The first-order valence-corrected chi connectivity index (χ1v) is 20.5. The zero-order valence-electron chi connectivity index (χ0n) is 34.9. The number of pyridine rings is 2. The number of methoxy groups -OCH3 is 2. The monoisotopic (exact) mass is 836 g/mol. The van der Waals surface area contributed by atoms with Crippen LogP contribution in [0.4, 0.5) is 5.82 Å². The molecule has 2 unspecified atom stereocenters. The van der Waals surface area contributed by atoms with E-state index in [2.05, 4.69) is 30.7 Å². The van der Waals surface area contributed by atoms with Gasteiger partial charge in [-0.05, 0) is 87.1 Å². The van der Waals surface area contributed by atoms with Gasteiger partial charge in [0, 0.05) is 70.2 Å². The zero-order valence-corrected chi connectivity index (χ0v) is 34.9. The van der Waals surface area contributed by atoms with Gasteiger partial charge in [-0.25, -0.2) is 4.98 Å². The first kappa shape index (κ1) is 42.9. The average Bonchev–Trinajstić information content (AvgIpc) is 3.57. The van der Waals surface area contributed by atoms with Gasteiger partial charge in [0.25, 0.3) is 17.4 Å². The van der Waals surface area contributed by atoms with E-state index >= 15 is 0 Å². The van der Waals surface area contributed by atoms with Crippen molar-refractivity contribution >= 4 is 46.2 Å². The Morgan fingerprint density at radius 3 is 2.07 bits per heavy atom. The number of hydrogen-bond acceptors (Lipinski definition) is 13. The molecule has 61 heavy (non-hydrogen) atoms. The van der Waals surface area contributed by atoms with Crippen molar-refractivity contribution in [2.45, 2.75) is 38.3 Å². The number of aliphatic carboxylic acids is 1. The van der Waals surface area contributed by atoms with E-state index in [0.29, 0.717) is 47.9 Å². The molecule has 8 rings (SSSR count). The molecule has 0 saturated carbocycles. The molecule has 0 radical (unpaired) electrons. The number of hydrogen-bond donors (Lipinski definition) is 4. The number of amides is 4. The van der Waals surface area contributed by atoms with Crippen LogP contribution in [0.15, 0.2) is 59.7 Å². The lowest BCUT2D eigenvalue weighted by Crippen LogP contribution is -2.60. The number of aryl methyl sites for hydroxylation is 1. The number of anilines is 1. The third-order valence-electron chi connectivity index (χ3n) is 12.3. The van der Waals surface area contributed by atoms with Crippen LogP contribution in [0.1, 0.15) is 52.0 Å². The second-order valence-corrected chi connectivity index (χ2v) is 15.9. The number of imide groups is 2. The summed E-state index contributed by atoms with van der Waals surface area (Å²) in [7, 11) is 6.87. The number of nitrogens with zero attached hydrogens (tertiary/aromatic N) is 5. The predicted molar refractivity (Wildman–Crippen MR) is 227 cm³/mol. The van der Waals surface area contributed by atoms with Crippen LogP contribution in [-0.2, 0) is 28.0 Å².